The molecule has 2 aromatic heterocycles. The SMILES string of the molecule is CN(Cc1ccc(C(F)(F)F)cn1)C(=O)c1ccc2nc(N)c(CO)cc2c1. The molecular formula is C19H17F3N4O2. The van der Waals surface area contributed by atoms with E-state index >= 15 is 0 Å². The molecule has 0 bridgehead atoms. The summed E-state index contributed by atoms with van der Waals surface area (Å²) < 4.78 is 37.8. The Labute approximate surface area is 158 Å². The molecule has 1 amide bonds. The molecule has 28 heavy (non-hydrogen) atoms. The van der Waals surface area contributed by atoms with Crippen molar-refractivity contribution < 1.29 is 23.1 Å². The standard InChI is InChI=1S/C19H17F3N4O2/c1-26(9-15-4-3-14(8-24-15)19(20,21)22)18(28)11-2-5-16-12(6-11)7-13(10-27)17(23)25-16/h2-8,27H,9-10H2,1H3,(H2,23,25). The number of nitrogens with two attached hydrogens (primary N) is 1. The van der Waals surface area contributed by atoms with Crippen molar-refractivity contribution in [2.24, 2.45) is 0 Å². The van der Waals surface area contributed by atoms with Gasteiger partial charge in [-0.1, -0.05) is 0 Å². The highest BCUT2D eigenvalue weighted by molar-refractivity contribution is 5.98. The Hall–Kier alpha value is -3.20. The fourth-order valence-electron chi connectivity index (χ4n) is 2.72. The van der Waals surface area contributed by atoms with Gasteiger partial charge in [-0.2, -0.15) is 13.2 Å². The summed E-state index contributed by atoms with van der Waals surface area (Å²) in [4.78, 5) is 22.0. The summed E-state index contributed by atoms with van der Waals surface area (Å²) in [5.41, 5.74) is 6.65. The van der Waals surface area contributed by atoms with E-state index in [4.69, 9.17) is 5.73 Å². The predicted octanol–water partition coefficient (Wildman–Crippen LogP) is 3.00. The third-order valence-corrected chi connectivity index (χ3v) is 4.24. The Bertz CT molecular complexity index is 1020. The van der Waals surface area contributed by atoms with Crippen LogP contribution in [0, 0.1) is 0 Å². The lowest BCUT2D eigenvalue weighted by Crippen LogP contribution is -2.26. The number of nitrogen functional groups attached to an aromatic ring is 1. The number of carbonyl (C=O) groups excluding carboxylic acids is 1. The number of pyridine rings is 2. The van der Waals surface area contributed by atoms with Crippen LogP contribution in [0.2, 0.25) is 0 Å². The zero-order valence-corrected chi connectivity index (χ0v) is 14.9. The number of aliphatic hydroxyl groups is 1. The molecule has 0 aliphatic carbocycles. The number of aromatic nitrogens is 2. The molecule has 6 nitrogen and oxygen atoms in total. The molecule has 9 heteroatoms. The Morgan fingerprint density at radius 1 is 1.21 bits per heavy atom. The Morgan fingerprint density at radius 3 is 2.57 bits per heavy atom. The lowest BCUT2D eigenvalue weighted by molar-refractivity contribution is -0.137. The van der Waals surface area contributed by atoms with Crippen molar-refractivity contribution in [2.75, 3.05) is 12.8 Å². The van der Waals surface area contributed by atoms with E-state index < -0.39 is 11.7 Å². The molecule has 0 spiro atoms. The highest BCUT2D eigenvalue weighted by Crippen LogP contribution is 2.28. The van der Waals surface area contributed by atoms with Crippen molar-refractivity contribution in [1.29, 1.82) is 0 Å². The number of nitrogens with zero attached hydrogens (tertiary/aromatic N) is 3. The monoisotopic (exact) mass is 390 g/mol. The van der Waals surface area contributed by atoms with E-state index in [1.54, 1.807) is 24.3 Å². The first-order valence-electron chi connectivity index (χ1n) is 8.26. The van der Waals surface area contributed by atoms with Crippen LogP contribution in [0.3, 0.4) is 0 Å². The van der Waals surface area contributed by atoms with Gasteiger partial charge in [-0.25, -0.2) is 4.98 Å². The summed E-state index contributed by atoms with van der Waals surface area (Å²) in [6.45, 7) is -0.219. The quantitative estimate of drug-likeness (QED) is 0.715. The second-order valence-corrected chi connectivity index (χ2v) is 6.30. The number of hydrogen-bond donors (Lipinski definition) is 2. The lowest BCUT2D eigenvalue weighted by atomic mass is 10.1. The predicted molar refractivity (Wildman–Crippen MR) is 97.1 cm³/mol. The highest BCUT2D eigenvalue weighted by atomic mass is 19.4. The number of aliphatic hydroxyl groups excluding tert-OH is 1. The van der Waals surface area contributed by atoms with Gasteiger partial charge in [0, 0.05) is 29.8 Å². The summed E-state index contributed by atoms with van der Waals surface area (Å²) in [5, 5.41) is 9.95. The van der Waals surface area contributed by atoms with Gasteiger partial charge in [-0.15, -0.1) is 0 Å². The topological polar surface area (TPSA) is 92.3 Å². The van der Waals surface area contributed by atoms with E-state index in [1.807, 2.05) is 0 Å². The lowest BCUT2D eigenvalue weighted by Gasteiger charge is -2.17. The molecule has 146 valence electrons. The largest absolute Gasteiger partial charge is 0.417 e. The Balaban J connectivity index is 1.80. The molecule has 0 saturated heterocycles. The average Bonchev–Trinajstić information content (AvgIpc) is 2.66. The first-order chi connectivity index (χ1) is 13.2. The zero-order chi connectivity index (χ0) is 20.5. The van der Waals surface area contributed by atoms with Gasteiger partial charge in [0.1, 0.15) is 5.82 Å². The molecule has 3 rings (SSSR count). The van der Waals surface area contributed by atoms with E-state index in [1.165, 1.54) is 18.0 Å². The molecule has 0 saturated carbocycles. The van der Waals surface area contributed by atoms with Crippen LogP contribution >= 0.6 is 0 Å². The van der Waals surface area contributed by atoms with E-state index in [0.29, 0.717) is 27.7 Å². The van der Waals surface area contributed by atoms with Crippen LogP contribution in [-0.4, -0.2) is 32.9 Å². The molecule has 2 heterocycles. The number of amides is 1. The number of hydrogen-bond acceptors (Lipinski definition) is 5. The molecule has 3 N–H and O–H groups in total. The number of rotatable bonds is 4. The summed E-state index contributed by atoms with van der Waals surface area (Å²) >= 11 is 0. The van der Waals surface area contributed by atoms with E-state index in [-0.39, 0.29) is 24.9 Å². The van der Waals surface area contributed by atoms with E-state index in [9.17, 15) is 23.1 Å². The van der Waals surface area contributed by atoms with Crippen molar-refractivity contribution in [2.45, 2.75) is 19.3 Å². The van der Waals surface area contributed by atoms with Crippen LogP contribution in [0.15, 0.2) is 42.6 Å². The summed E-state index contributed by atoms with van der Waals surface area (Å²) in [5.74, 6) is -0.106. The van der Waals surface area contributed by atoms with Crippen LogP contribution in [0.25, 0.3) is 10.9 Å². The van der Waals surface area contributed by atoms with Gasteiger partial charge in [0.25, 0.3) is 5.91 Å². The number of benzene rings is 1. The van der Waals surface area contributed by atoms with Gasteiger partial charge >= 0.3 is 6.18 Å². The van der Waals surface area contributed by atoms with Gasteiger partial charge < -0.3 is 15.7 Å². The van der Waals surface area contributed by atoms with Gasteiger partial charge in [-0.05, 0) is 36.4 Å². The number of halogens is 3. The zero-order valence-electron chi connectivity index (χ0n) is 14.9. The molecule has 0 fully saturated rings. The summed E-state index contributed by atoms with van der Waals surface area (Å²) in [7, 11) is 1.53. The maximum Gasteiger partial charge on any atom is 0.417 e. The van der Waals surface area contributed by atoms with Crippen molar-refractivity contribution in [3.8, 4) is 0 Å². The average molecular weight is 390 g/mol. The van der Waals surface area contributed by atoms with Crippen LogP contribution in [-0.2, 0) is 19.3 Å². The van der Waals surface area contributed by atoms with Crippen LogP contribution in [0.1, 0.15) is 27.2 Å². The molecule has 0 aliphatic heterocycles. The minimum atomic E-state index is -4.46. The first-order valence-corrected chi connectivity index (χ1v) is 8.26. The third kappa shape index (κ3) is 4.04. The van der Waals surface area contributed by atoms with Crippen LogP contribution in [0.4, 0.5) is 19.0 Å². The highest BCUT2D eigenvalue weighted by Gasteiger charge is 2.30. The Morgan fingerprint density at radius 2 is 1.96 bits per heavy atom. The van der Waals surface area contributed by atoms with E-state index in [0.717, 1.165) is 12.3 Å². The smallest absolute Gasteiger partial charge is 0.392 e. The maximum absolute atomic E-state index is 12.7. The number of alkyl halides is 3. The molecular weight excluding hydrogens is 373 g/mol. The number of carbonyl (C=O) groups is 1. The van der Waals surface area contributed by atoms with Gasteiger partial charge in [0.05, 0.1) is 29.9 Å². The molecule has 0 radical (unpaired) electrons. The van der Waals surface area contributed by atoms with Crippen molar-refractivity contribution in [1.82, 2.24) is 14.9 Å². The minimum absolute atomic E-state index is 0.0525. The van der Waals surface area contributed by atoms with E-state index in [2.05, 4.69) is 9.97 Å². The number of anilines is 1. The normalized spacial score (nSPS) is 11.6. The Kier molecular flexibility index (Phi) is 5.19. The molecule has 0 aliphatic rings. The molecule has 1 aromatic carbocycles. The third-order valence-electron chi connectivity index (χ3n) is 4.24. The molecule has 0 unspecified atom stereocenters. The summed E-state index contributed by atoms with van der Waals surface area (Å²) in [6, 6.07) is 8.69. The first kappa shape index (κ1) is 19.6. The van der Waals surface area contributed by atoms with Crippen molar-refractivity contribution >= 4 is 22.6 Å². The van der Waals surface area contributed by atoms with Crippen molar-refractivity contribution in [3.63, 3.8) is 0 Å². The second kappa shape index (κ2) is 7.43. The minimum Gasteiger partial charge on any atom is -0.392 e. The van der Waals surface area contributed by atoms with Crippen molar-refractivity contribution in [3.05, 3.63) is 65.0 Å². The number of fused-ring (bicyclic) bond motifs is 1. The van der Waals surface area contributed by atoms with Crippen LogP contribution in [0.5, 0.6) is 0 Å². The fraction of sp³-hybridized carbons (Fsp3) is 0.211. The summed E-state index contributed by atoms with van der Waals surface area (Å²) in [6.07, 6.45) is -3.71. The second-order valence-electron chi connectivity index (χ2n) is 6.30. The maximum atomic E-state index is 12.7. The van der Waals surface area contributed by atoms with Gasteiger partial charge in [-0.3, -0.25) is 9.78 Å². The van der Waals surface area contributed by atoms with Crippen LogP contribution < -0.4 is 5.73 Å². The fourth-order valence-corrected chi connectivity index (χ4v) is 2.72. The van der Waals surface area contributed by atoms with Gasteiger partial charge in [0.15, 0.2) is 0 Å². The molecule has 3 aromatic rings. The van der Waals surface area contributed by atoms with Gasteiger partial charge in [0.2, 0.25) is 0 Å². The molecule has 0 atom stereocenters.